The second-order valence-electron chi connectivity index (χ2n) is 5.09. The molecule has 0 spiro atoms. The zero-order valence-corrected chi connectivity index (χ0v) is 13.5. The van der Waals surface area contributed by atoms with Crippen LogP contribution in [0.5, 0.6) is 0 Å². The molecule has 23 heavy (non-hydrogen) atoms. The van der Waals surface area contributed by atoms with E-state index < -0.39 is 0 Å². The van der Waals surface area contributed by atoms with Gasteiger partial charge in [-0.3, -0.25) is 9.36 Å². The number of thiophene rings is 1. The molecule has 3 aromatic heterocycles. The number of rotatable bonds is 3. The topological polar surface area (TPSA) is 48.0 Å². The summed E-state index contributed by atoms with van der Waals surface area (Å²) >= 11 is 7.40. The SMILES string of the molecule is O=c1c2c(-c3ccc(Cl)cc3)csc2ncn1Cc1ccco1. The molecule has 0 aliphatic heterocycles. The first-order valence-corrected chi connectivity index (χ1v) is 8.23. The Hall–Kier alpha value is -2.37. The van der Waals surface area contributed by atoms with Crippen molar-refractivity contribution in [2.24, 2.45) is 0 Å². The Balaban J connectivity index is 1.87. The Kier molecular flexibility index (Phi) is 3.52. The van der Waals surface area contributed by atoms with Crippen LogP contribution in [0.25, 0.3) is 21.3 Å². The molecule has 0 saturated carbocycles. The van der Waals surface area contributed by atoms with Gasteiger partial charge in [0.05, 0.1) is 24.5 Å². The second kappa shape index (κ2) is 5.68. The third-order valence-corrected chi connectivity index (χ3v) is 4.76. The number of fused-ring (bicyclic) bond motifs is 1. The normalized spacial score (nSPS) is 11.2. The summed E-state index contributed by atoms with van der Waals surface area (Å²) in [6.45, 7) is 0.366. The molecule has 4 aromatic rings. The highest BCUT2D eigenvalue weighted by molar-refractivity contribution is 7.17. The van der Waals surface area contributed by atoms with Gasteiger partial charge in [0, 0.05) is 16.0 Å². The lowest BCUT2D eigenvalue weighted by molar-refractivity contribution is 0.489. The quantitative estimate of drug-likeness (QED) is 0.553. The number of halogens is 1. The van der Waals surface area contributed by atoms with E-state index in [2.05, 4.69) is 4.98 Å². The van der Waals surface area contributed by atoms with Gasteiger partial charge in [-0.25, -0.2) is 4.98 Å². The minimum atomic E-state index is -0.0717. The molecule has 0 saturated heterocycles. The summed E-state index contributed by atoms with van der Waals surface area (Å²) in [4.78, 5) is 18.0. The van der Waals surface area contributed by atoms with Gasteiger partial charge in [0.15, 0.2) is 0 Å². The van der Waals surface area contributed by atoms with Gasteiger partial charge in [0.1, 0.15) is 10.6 Å². The molecule has 0 aliphatic rings. The maximum atomic E-state index is 12.8. The van der Waals surface area contributed by atoms with Gasteiger partial charge in [0.25, 0.3) is 5.56 Å². The van der Waals surface area contributed by atoms with Crippen molar-refractivity contribution in [3.8, 4) is 11.1 Å². The first-order chi connectivity index (χ1) is 11.2. The van der Waals surface area contributed by atoms with Gasteiger partial charge >= 0.3 is 0 Å². The number of hydrogen-bond acceptors (Lipinski definition) is 4. The molecule has 0 bridgehead atoms. The van der Waals surface area contributed by atoms with Gasteiger partial charge in [-0.1, -0.05) is 23.7 Å². The monoisotopic (exact) mass is 342 g/mol. The number of hydrogen-bond donors (Lipinski definition) is 0. The van der Waals surface area contributed by atoms with E-state index in [1.54, 1.807) is 23.2 Å². The summed E-state index contributed by atoms with van der Waals surface area (Å²) in [5, 5.41) is 3.26. The van der Waals surface area contributed by atoms with Gasteiger partial charge in [-0.15, -0.1) is 11.3 Å². The molecule has 0 amide bonds. The van der Waals surface area contributed by atoms with Crippen molar-refractivity contribution in [3.05, 3.63) is 75.5 Å². The second-order valence-corrected chi connectivity index (χ2v) is 6.39. The fourth-order valence-corrected chi connectivity index (χ4v) is 3.53. The Labute approximate surface area is 140 Å². The molecular formula is C17H11ClN2O2S. The van der Waals surface area contributed by atoms with Crippen molar-refractivity contribution in [2.75, 3.05) is 0 Å². The van der Waals surface area contributed by atoms with Crippen LogP contribution in [-0.4, -0.2) is 9.55 Å². The molecular weight excluding hydrogens is 332 g/mol. The van der Waals surface area contributed by atoms with Gasteiger partial charge in [-0.05, 0) is 29.8 Å². The smallest absolute Gasteiger partial charge is 0.263 e. The van der Waals surface area contributed by atoms with Crippen molar-refractivity contribution in [3.63, 3.8) is 0 Å². The summed E-state index contributed by atoms with van der Waals surface area (Å²) in [7, 11) is 0. The molecule has 0 atom stereocenters. The van der Waals surface area contributed by atoms with Crippen molar-refractivity contribution < 1.29 is 4.42 Å². The first kappa shape index (κ1) is 14.2. The summed E-state index contributed by atoms with van der Waals surface area (Å²) < 4.78 is 6.88. The number of benzene rings is 1. The number of aromatic nitrogens is 2. The Morgan fingerprint density at radius 2 is 2.04 bits per heavy atom. The summed E-state index contributed by atoms with van der Waals surface area (Å²) in [6.07, 6.45) is 3.16. The largest absolute Gasteiger partial charge is 0.467 e. The van der Waals surface area contributed by atoms with Crippen LogP contribution in [0.15, 0.2) is 63.6 Å². The molecule has 4 rings (SSSR count). The van der Waals surface area contributed by atoms with Crippen LogP contribution in [0.4, 0.5) is 0 Å². The fraction of sp³-hybridized carbons (Fsp3) is 0.0588. The van der Waals surface area contributed by atoms with Crippen molar-refractivity contribution in [1.82, 2.24) is 9.55 Å². The molecule has 0 unspecified atom stereocenters. The lowest BCUT2D eigenvalue weighted by Gasteiger charge is -2.04. The fourth-order valence-electron chi connectivity index (χ4n) is 2.49. The zero-order valence-electron chi connectivity index (χ0n) is 11.9. The molecule has 0 fully saturated rings. The molecule has 114 valence electrons. The zero-order chi connectivity index (χ0) is 15.8. The van der Waals surface area contributed by atoms with Crippen LogP contribution < -0.4 is 5.56 Å². The van der Waals surface area contributed by atoms with E-state index in [0.29, 0.717) is 17.0 Å². The van der Waals surface area contributed by atoms with E-state index in [4.69, 9.17) is 16.0 Å². The van der Waals surface area contributed by atoms with Crippen LogP contribution in [0.1, 0.15) is 5.76 Å². The summed E-state index contributed by atoms with van der Waals surface area (Å²) in [5.74, 6) is 0.719. The average molecular weight is 343 g/mol. The van der Waals surface area contributed by atoms with Gasteiger partial charge in [0.2, 0.25) is 0 Å². The number of nitrogens with zero attached hydrogens (tertiary/aromatic N) is 2. The van der Waals surface area contributed by atoms with Crippen LogP contribution in [0.3, 0.4) is 0 Å². The molecule has 4 nitrogen and oxygen atoms in total. The van der Waals surface area contributed by atoms with E-state index >= 15 is 0 Å². The summed E-state index contributed by atoms with van der Waals surface area (Å²) in [6, 6.07) is 11.1. The summed E-state index contributed by atoms with van der Waals surface area (Å²) in [5.41, 5.74) is 1.76. The maximum absolute atomic E-state index is 12.8. The van der Waals surface area contributed by atoms with E-state index in [9.17, 15) is 4.79 Å². The Morgan fingerprint density at radius 1 is 1.22 bits per heavy atom. The maximum Gasteiger partial charge on any atom is 0.263 e. The highest BCUT2D eigenvalue weighted by Gasteiger charge is 2.13. The standard InChI is InChI=1S/C17H11ClN2O2S/c18-12-5-3-11(4-6-12)14-9-23-16-15(14)17(21)20(10-19-16)8-13-2-1-7-22-13/h1-7,9-10H,8H2. The van der Waals surface area contributed by atoms with E-state index in [0.717, 1.165) is 21.7 Å². The minimum absolute atomic E-state index is 0.0717. The van der Waals surface area contributed by atoms with Gasteiger partial charge in [-0.2, -0.15) is 0 Å². The lowest BCUT2D eigenvalue weighted by Crippen LogP contribution is -2.20. The first-order valence-electron chi connectivity index (χ1n) is 6.97. The minimum Gasteiger partial charge on any atom is -0.467 e. The Morgan fingerprint density at radius 3 is 2.78 bits per heavy atom. The highest BCUT2D eigenvalue weighted by Crippen LogP contribution is 2.31. The van der Waals surface area contributed by atoms with Gasteiger partial charge < -0.3 is 4.42 Å². The van der Waals surface area contributed by atoms with Crippen molar-refractivity contribution >= 4 is 33.2 Å². The predicted molar refractivity (Wildman–Crippen MR) is 92.1 cm³/mol. The molecule has 3 heterocycles. The van der Waals surface area contributed by atoms with Crippen molar-refractivity contribution in [1.29, 1.82) is 0 Å². The lowest BCUT2D eigenvalue weighted by atomic mass is 10.1. The van der Waals surface area contributed by atoms with E-state index in [1.807, 2.05) is 35.7 Å². The average Bonchev–Trinajstić information content (AvgIpc) is 3.21. The molecule has 0 N–H and O–H groups in total. The van der Waals surface area contributed by atoms with Crippen LogP contribution in [0.2, 0.25) is 5.02 Å². The third kappa shape index (κ3) is 2.58. The predicted octanol–water partition coefficient (Wildman–Crippen LogP) is 4.42. The molecule has 0 aliphatic carbocycles. The van der Waals surface area contributed by atoms with Crippen LogP contribution in [0, 0.1) is 0 Å². The molecule has 6 heteroatoms. The highest BCUT2D eigenvalue weighted by atomic mass is 35.5. The van der Waals surface area contributed by atoms with Crippen LogP contribution >= 0.6 is 22.9 Å². The van der Waals surface area contributed by atoms with E-state index in [1.165, 1.54) is 11.3 Å². The molecule has 1 aromatic carbocycles. The molecule has 0 radical (unpaired) electrons. The van der Waals surface area contributed by atoms with E-state index in [-0.39, 0.29) is 5.56 Å². The van der Waals surface area contributed by atoms with Crippen molar-refractivity contribution in [2.45, 2.75) is 6.54 Å². The van der Waals surface area contributed by atoms with Crippen LogP contribution in [-0.2, 0) is 6.54 Å². The third-order valence-electron chi connectivity index (χ3n) is 3.62. The Bertz CT molecular complexity index is 1020. The number of furan rings is 1.